The van der Waals surface area contributed by atoms with Crippen LogP contribution in [0.1, 0.15) is 13.3 Å². The van der Waals surface area contributed by atoms with Crippen molar-refractivity contribution in [1.82, 2.24) is 0 Å². The Kier molecular flexibility index (Phi) is 5.15. The van der Waals surface area contributed by atoms with Crippen LogP contribution in [0.25, 0.3) is 0 Å². The van der Waals surface area contributed by atoms with E-state index in [9.17, 15) is 39.5 Å². The van der Waals surface area contributed by atoms with Gasteiger partial charge in [-0.25, -0.2) is 0 Å². The Morgan fingerprint density at radius 3 is 1.37 bits per heavy atom. The summed E-state index contributed by atoms with van der Waals surface area (Å²) in [6.07, 6.45) is -23.1. The summed E-state index contributed by atoms with van der Waals surface area (Å²) in [6, 6.07) is 0. The van der Waals surface area contributed by atoms with Gasteiger partial charge in [0.1, 0.15) is 0 Å². The van der Waals surface area contributed by atoms with Crippen LogP contribution in [0.2, 0.25) is 0 Å². The Balaban J connectivity index is 5.82. The molecular formula is C8H9F9O2. The zero-order chi connectivity index (χ0) is 15.7. The molecule has 1 unspecified atom stereocenters. The fourth-order valence-electron chi connectivity index (χ4n) is 1.23. The van der Waals surface area contributed by atoms with Gasteiger partial charge in [-0.2, -0.15) is 39.5 Å². The number of alkyl halides is 9. The molecule has 116 valence electrons. The van der Waals surface area contributed by atoms with Crippen molar-refractivity contribution in [3.8, 4) is 0 Å². The van der Waals surface area contributed by atoms with E-state index in [4.69, 9.17) is 5.11 Å². The van der Waals surface area contributed by atoms with Crippen LogP contribution in [0.3, 0.4) is 0 Å². The Hall–Kier alpha value is -0.710. The monoisotopic (exact) mass is 308 g/mol. The Morgan fingerprint density at radius 2 is 1.16 bits per heavy atom. The smallest absolute Gasteiger partial charge is 0.396 e. The summed E-state index contributed by atoms with van der Waals surface area (Å²) in [5, 5.41) is 8.32. The van der Waals surface area contributed by atoms with Crippen LogP contribution in [-0.4, -0.2) is 41.9 Å². The van der Waals surface area contributed by atoms with Gasteiger partial charge in [-0.15, -0.1) is 0 Å². The van der Waals surface area contributed by atoms with Crippen molar-refractivity contribution in [2.75, 3.05) is 6.61 Å². The molecule has 0 aliphatic rings. The molecule has 0 aliphatic heterocycles. The lowest BCUT2D eigenvalue weighted by molar-refractivity contribution is -0.464. The first-order valence-corrected chi connectivity index (χ1v) is 4.69. The van der Waals surface area contributed by atoms with Crippen LogP contribution < -0.4 is 0 Å². The molecular weight excluding hydrogens is 299 g/mol. The molecule has 0 aromatic heterocycles. The molecule has 11 heteroatoms. The van der Waals surface area contributed by atoms with Crippen LogP contribution in [0.5, 0.6) is 0 Å². The van der Waals surface area contributed by atoms with E-state index in [2.05, 4.69) is 4.74 Å². The summed E-state index contributed by atoms with van der Waals surface area (Å²) in [5.74, 6) is 0. The summed E-state index contributed by atoms with van der Waals surface area (Å²) in [6.45, 7) is -0.362. The quantitative estimate of drug-likeness (QED) is 0.808. The van der Waals surface area contributed by atoms with Gasteiger partial charge in [-0.3, -0.25) is 0 Å². The first kappa shape index (κ1) is 18.3. The van der Waals surface area contributed by atoms with Crippen molar-refractivity contribution in [2.45, 2.75) is 43.6 Å². The average molecular weight is 308 g/mol. The van der Waals surface area contributed by atoms with Gasteiger partial charge in [-0.1, -0.05) is 0 Å². The molecule has 19 heavy (non-hydrogen) atoms. The topological polar surface area (TPSA) is 29.5 Å². The van der Waals surface area contributed by atoms with Gasteiger partial charge in [0.25, 0.3) is 0 Å². The van der Waals surface area contributed by atoms with Gasteiger partial charge in [0.05, 0.1) is 6.10 Å². The van der Waals surface area contributed by atoms with Gasteiger partial charge in [0.2, 0.25) is 0 Å². The second kappa shape index (κ2) is 5.35. The number of halogens is 9. The second-order valence-electron chi connectivity index (χ2n) is 3.62. The fraction of sp³-hybridized carbons (Fsp3) is 1.00. The van der Waals surface area contributed by atoms with Crippen molar-refractivity contribution in [3.63, 3.8) is 0 Å². The average Bonchev–Trinajstić information content (AvgIpc) is 2.08. The normalized spacial score (nSPS) is 16.6. The summed E-state index contributed by atoms with van der Waals surface area (Å²) < 4.78 is 114. The van der Waals surface area contributed by atoms with E-state index < -0.39 is 43.3 Å². The minimum absolute atomic E-state index is 0.564. The summed E-state index contributed by atoms with van der Waals surface area (Å²) >= 11 is 0. The lowest BCUT2D eigenvalue weighted by Crippen LogP contribution is -2.68. The van der Waals surface area contributed by atoms with E-state index in [-0.39, 0.29) is 0 Å². The molecule has 0 heterocycles. The SMILES string of the molecule is CC(CCO)OC(C(F)(F)F)(C(F)(F)F)C(F)(F)F. The van der Waals surface area contributed by atoms with Crippen molar-refractivity contribution in [3.05, 3.63) is 0 Å². The molecule has 1 atom stereocenters. The van der Waals surface area contributed by atoms with Gasteiger partial charge < -0.3 is 9.84 Å². The van der Waals surface area contributed by atoms with E-state index >= 15 is 0 Å². The zero-order valence-electron chi connectivity index (χ0n) is 9.25. The maximum Gasteiger partial charge on any atom is 0.435 e. The number of hydrogen-bond acceptors (Lipinski definition) is 2. The van der Waals surface area contributed by atoms with Crippen LogP contribution in [0.15, 0.2) is 0 Å². The van der Waals surface area contributed by atoms with Crippen molar-refractivity contribution in [2.24, 2.45) is 0 Å². The first-order chi connectivity index (χ1) is 8.20. The molecule has 0 saturated carbocycles. The molecule has 0 radical (unpaired) electrons. The zero-order valence-corrected chi connectivity index (χ0v) is 9.25. The van der Waals surface area contributed by atoms with E-state index in [1.807, 2.05) is 0 Å². The van der Waals surface area contributed by atoms with Crippen LogP contribution in [0, 0.1) is 0 Å². The molecule has 0 rings (SSSR count). The highest BCUT2D eigenvalue weighted by Crippen LogP contribution is 2.55. The van der Waals surface area contributed by atoms with Crippen LogP contribution in [-0.2, 0) is 4.74 Å². The predicted molar refractivity (Wildman–Crippen MR) is 43.1 cm³/mol. The summed E-state index contributed by atoms with van der Waals surface area (Å²) in [4.78, 5) is 0. The lowest BCUT2D eigenvalue weighted by Gasteiger charge is -2.39. The maximum atomic E-state index is 12.3. The van der Waals surface area contributed by atoms with Crippen LogP contribution >= 0.6 is 0 Å². The third-order valence-electron chi connectivity index (χ3n) is 2.11. The van der Waals surface area contributed by atoms with Gasteiger partial charge in [0, 0.05) is 6.61 Å². The molecule has 0 aromatic rings. The number of ether oxygens (including phenoxy) is 1. The first-order valence-electron chi connectivity index (χ1n) is 4.69. The molecule has 0 aromatic carbocycles. The highest BCUT2D eigenvalue weighted by atomic mass is 19.4. The van der Waals surface area contributed by atoms with Crippen molar-refractivity contribution < 1.29 is 49.4 Å². The molecule has 2 nitrogen and oxygen atoms in total. The van der Waals surface area contributed by atoms with Crippen molar-refractivity contribution in [1.29, 1.82) is 0 Å². The third-order valence-corrected chi connectivity index (χ3v) is 2.11. The standard InChI is InChI=1S/C8H9F9O2/c1-4(2-3-18)19-5(6(9,10)11,7(12,13)14)8(15,16)17/h4,18H,2-3H2,1H3. The van der Waals surface area contributed by atoms with Crippen molar-refractivity contribution >= 4 is 0 Å². The highest BCUT2D eigenvalue weighted by Gasteiger charge is 2.85. The van der Waals surface area contributed by atoms with E-state index in [1.165, 1.54) is 0 Å². The lowest BCUT2D eigenvalue weighted by atomic mass is 10.0. The van der Waals surface area contributed by atoms with E-state index in [0.717, 1.165) is 0 Å². The molecule has 0 spiro atoms. The Morgan fingerprint density at radius 1 is 0.842 bits per heavy atom. The molecule has 0 fully saturated rings. The van der Waals surface area contributed by atoms with Gasteiger partial charge in [-0.05, 0) is 13.3 Å². The molecule has 1 N–H and O–H groups in total. The minimum atomic E-state index is -6.74. The number of aliphatic hydroxyl groups is 1. The molecule has 0 aliphatic carbocycles. The fourth-order valence-corrected chi connectivity index (χ4v) is 1.23. The number of aliphatic hydroxyl groups excluding tert-OH is 1. The maximum absolute atomic E-state index is 12.3. The molecule has 0 amide bonds. The predicted octanol–water partition coefficient (Wildman–Crippen LogP) is 3.20. The summed E-state index contributed by atoms with van der Waals surface area (Å²) in [5.41, 5.74) is -6.28. The number of hydrogen-bond donors (Lipinski definition) is 1. The number of rotatable bonds is 4. The largest absolute Gasteiger partial charge is 0.435 e. The molecule has 0 saturated heterocycles. The molecule has 0 bridgehead atoms. The Labute approximate surface area is 101 Å². The third kappa shape index (κ3) is 3.44. The van der Waals surface area contributed by atoms with Gasteiger partial charge in [0.15, 0.2) is 0 Å². The Bertz CT molecular complexity index is 254. The summed E-state index contributed by atoms with van der Waals surface area (Å²) in [7, 11) is 0. The highest BCUT2D eigenvalue weighted by molar-refractivity contribution is 5.02. The van der Waals surface area contributed by atoms with Crippen LogP contribution in [0.4, 0.5) is 39.5 Å². The van der Waals surface area contributed by atoms with E-state index in [0.29, 0.717) is 6.92 Å². The minimum Gasteiger partial charge on any atom is -0.396 e. The van der Waals surface area contributed by atoms with E-state index in [1.54, 1.807) is 0 Å². The second-order valence-corrected chi connectivity index (χ2v) is 3.62. The van der Waals surface area contributed by atoms with Gasteiger partial charge >= 0.3 is 24.1 Å².